The molecule has 0 aliphatic rings. The van der Waals surface area contributed by atoms with E-state index in [1.165, 1.54) is 0 Å². The van der Waals surface area contributed by atoms with Crippen LogP contribution >= 0.6 is 12.4 Å². The Morgan fingerprint density at radius 2 is 1.72 bits per heavy atom. The van der Waals surface area contributed by atoms with E-state index in [2.05, 4.69) is 20.8 Å². The molecule has 3 nitrogen and oxygen atoms in total. The van der Waals surface area contributed by atoms with Crippen molar-refractivity contribution in [1.29, 1.82) is 0 Å². The second-order valence-corrected chi connectivity index (χ2v) is 5.50. The molecule has 1 aromatic rings. The first-order valence-electron chi connectivity index (χ1n) is 5.92. The van der Waals surface area contributed by atoms with Crippen LogP contribution in [0.25, 0.3) is 0 Å². The second kappa shape index (κ2) is 6.98. The van der Waals surface area contributed by atoms with Crippen molar-refractivity contribution in [2.75, 3.05) is 7.11 Å². The number of aliphatic hydroxyl groups is 1. The number of methoxy groups -OCH3 is 1. The van der Waals surface area contributed by atoms with Crippen molar-refractivity contribution in [2.24, 2.45) is 11.1 Å². The molecule has 1 aromatic carbocycles. The van der Waals surface area contributed by atoms with E-state index >= 15 is 0 Å². The molecule has 0 saturated heterocycles. The third kappa shape index (κ3) is 4.84. The van der Waals surface area contributed by atoms with E-state index in [0.29, 0.717) is 6.42 Å². The van der Waals surface area contributed by atoms with Gasteiger partial charge in [0.2, 0.25) is 0 Å². The smallest absolute Gasteiger partial charge is 0.118 e. The van der Waals surface area contributed by atoms with E-state index in [1.807, 2.05) is 24.3 Å². The van der Waals surface area contributed by atoms with Crippen molar-refractivity contribution < 1.29 is 9.84 Å². The van der Waals surface area contributed by atoms with Crippen LogP contribution in [0.5, 0.6) is 5.75 Å². The summed E-state index contributed by atoms with van der Waals surface area (Å²) in [5.74, 6) is 0.793. The Balaban J connectivity index is 0.00000289. The first-order valence-corrected chi connectivity index (χ1v) is 5.92. The van der Waals surface area contributed by atoms with Gasteiger partial charge in [-0.1, -0.05) is 32.9 Å². The molecule has 104 valence electrons. The highest BCUT2D eigenvalue weighted by atomic mass is 35.5. The molecule has 4 heteroatoms. The monoisotopic (exact) mass is 273 g/mol. The van der Waals surface area contributed by atoms with Gasteiger partial charge in [-0.3, -0.25) is 0 Å². The van der Waals surface area contributed by atoms with Crippen molar-refractivity contribution in [3.8, 4) is 5.75 Å². The first kappa shape index (κ1) is 17.2. The Morgan fingerprint density at radius 3 is 2.11 bits per heavy atom. The van der Waals surface area contributed by atoms with E-state index < -0.39 is 6.10 Å². The topological polar surface area (TPSA) is 55.5 Å². The Bertz CT molecular complexity index is 346. The van der Waals surface area contributed by atoms with E-state index in [-0.39, 0.29) is 23.9 Å². The van der Waals surface area contributed by atoms with Crippen molar-refractivity contribution >= 4 is 12.4 Å². The van der Waals surface area contributed by atoms with Gasteiger partial charge < -0.3 is 15.6 Å². The maximum Gasteiger partial charge on any atom is 0.118 e. The largest absolute Gasteiger partial charge is 0.497 e. The van der Waals surface area contributed by atoms with Gasteiger partial charge in [0.05, 0.1) is 13.2 Å². The predicted molar refractivity (Wildman–Crippen MR) is 77.2 cm³/mol. The average Bonchev–Trinajstić information content (AvgIpc) is 2.27. The fourth-order valence-corrected chi connectivity index (χ4v) is 1.56. The van der Waals surface area contributed by atoms with Gasteiger partial charge in [-0.25, -0.2) is 0 Å². The van der Waals surface area contributed by atoms with Gasteiger partial charge in [0, 0.05) is 6.04 Å². The summed E-state index contributed by atoms with van der Waals surface area (Å²) in [5.41, 5.74) is 6.95. The lowest BCUT2D eigenvalue weighted by atomic mass is 9.83. The minimum atomic E-state index is -0.518. The Morgan fingerprint density at radius 1 is 1.22 bits per heavy atom. The van der Waals surface area contributed by atoms with Crippen LogP contribution in [-0.2, 0) is 0 Å². The number of ether oxygens (including phenoxy) is 1. The molecule has 0 unspecified atom stereocenters. The van der Waals surface area contributed by atoms with Crippen LogP contribution < -0.4 is 10.5 Å². The minimum Gasteiger partial charge on any atom is -0.497 e. The Kier molecular flexibility index (Phi) is 6.68. The molecule has 0 aromatic heterocycles. The summed E-state index contributed by atoms with van der Waals surface area (Å²) in [7, 11) is 1.63. The summed E-state index contributed by atoms with van der Waals surface area (Å²) in [6, 6.07) is 7.42. The molecule has 0 bridgehead atoms. The lowest BCUT2D eigenvalue weighted by Crippen LogP contribution is -2.36. The van der Waals surface area contributed by atoms with E-state index in [4.69, 9.17) is 10.5 Å². The van der Waals surface area contributed by atoms with Gasteiger partial charge in [-0.2, -0.15) is 0 Å². The van der Waals surface area contributed by atoms with Gasteiger partial charge >= 0.3 is 0 Å². The van der Waals surface area contributed by atoms with Gasteiger partial charge in [0.1, 0.15) is 5.75 Å². The van der Waals surface area contributed by atoms with Crippen LogP contribution in [0, 0.1) is 5.41 Å². The molecule has 0 fully saturated rings. The standard InChI is InChI=1S/C14H23NO2.ClH/c1-14(2,3)13(15)9-12(16)10-5-7-11(17-4)8-6-10;/h5-8,12-13,16H,9,15H2,1-4H3;1H/t12-,13+;/m0./s1. The summed E-state index contributed by atoms with van der Waals surface area (Å²) in [5, 5.41) is 10.1. The van der Waals surface area contributed by atoms with E-state index in [1.54, 1.807) is 7.11 Å². The highest BCUT2D eigenvalue weighted by Crippen LogP contribution is 2.27. The second-order valence-electron chi connectivity index (χ2n) is 5.50. The lowest BCUT2D eigenvalue weighted by Gasteiger charge is -2.29. The molecule has 0 aliphatic heterocycles. The molecule has 0 aliphatic carbocycles. The van der Waals surface area contributed by atoms with Gasteiger partial charge in [-0.15, -0.1) is 12.4 Å². The number of hydrogen-bond acceptors (Lipinski definition) is 3. The molecule has 0 heterocycles. The van der Waals surface area contributed by atoms with Crippen molar-refractivity contribution in [3.63, 3.8) is 0 Å². The maximum atomic E-state index is 10.1. The zero-order valence-corrected chi connectivity index (χ0v) is 12.3. The first-order chi connectivity index (χ1) is 7.84. The summed E-state index contributed by atoms with van der Waals surface area (Å²) in [6.07, 6.45) is 0.0469. The van der Waals surface area contributed by atoms with E-state index in [0.717, 1.165) is 11.3 Å². The van der Waals surface area contributed by atoms with Crippen LogP contribution in [0.3, 0.4) is 0 Å². The third-order valence-corrected chi connectivity index (χ3v) is 3.09. The number of rotatable bonds is 4. The average molecular weight is 274 g/mol. The van der Waals surface area contributed by atoms with Crippen LogP contribution in [0.15, 0.2) is 24.3 Å². The highest BCUT2D eigenvalue weighted by Gasteiger charge is 2.23. The summed E-state index contributed by atoms with van der Waals surface area (Å²) in [4.78, 5) is 0. The van der Waals surface area contributed by atoms with Crippen LogP contribution in [0.4, 0.5) is 0 Å². The minimum absolute atomic E-state index is 0. The van der Waals surface area contributed by atoms with Gasteiger partial charge in [0.25, 0.3) is 0 Å². The maximum absolute atomic E-state index is 10.1. The molecule has 0 radical (unpaired) electrons. The number of benzene rings is 1. The van der Waals surface area contributed by atoms with Crippen molar-refractivity contribution in [1.82, 2.24) is 0 Å². The number of hydrogen-bond donors (Lipinski definition) is 2. The fourth-order valence-electron chi connectivity index (χ4n) is 1.56. The fraction of sp³-hybridized carbons (Fsp3) is 0.571. The highest BCUT2D eigenvalue weighted by molar-refractivity contribution is 5.85. The quantitative estimate of drug-likeness (QED) is 0.887. The Labute approximate surface area is 116 Å². The third-order valence-electron chi connectivity index (χ3n) is 3.09. The zero-order chi connectivity index (χ0) is 13.1. The lowest BCUT2D eigenvalue weighted by molar-refractivity contribution is 0.133. The summed E-state index contributed by atoms with van der Waals surface area (Å²) < 4.78 is 5.08. The molecule has 0 saturated carbocycles. The van der Waals surface area contributed by atoms with Crippen molar-refractivity contribution in [2.45, 2.75) is 39.3 Å². The number of aliphatic hydroxyl groups excluding tert-OH is 1. The zero-order valence-electron chi connectivity index (χ0n) is 11.5. The molecule has 0 amide bonds. The molecule has 0 spiro atoms. The number of nitrogens with two attached hydrogens (primary N) is 1. The van der Waals surface area contributed by atoms with Gasteiger partial charge in [-0.05, 0) is 29.5 Å². The van der Waals surface area contributed by atoms with E-state index in [9.17, 15) is 5.11 Å². The summed E-state index contributed by atoms with van der Waals surface area (Å²) >= 11 is 0. The molecular weight excluding hydrogens is 250 g/mol. The normalized spacial score (nSPS) is 14.6. The predicted octanol–water partition coefficient (Wildman–Crippen LogP) is 2.91. The van der Waals surface area contributed by atoms with Crippen LogP contribution in [0.1, 0.15) is 38.9 Å². The summed E-state index contributed by atoms with van der Waals surface area (Å²) in [6.45, 7) is 6.25. The van der Waals surface area contributed by atoms with Gasteiger partial charge in [0.15, 0.2) is 0 Å². The number of halogens is 1. The molecule has 2 atom stereocenters. The van der Waals surface area contributed by atoms with Crippen molar-refractivity contribution in [3.05, 3.63) is 29.8 Å². The van der Waals surface area contributed by atoms with Crippen LogP contribution in [-0.4, -0.2) is 18.3 Å². The molecule has 18 heavy (non-hydrogen) atoms. The Hall–Kier alpha value is -0.770. The molecule has 3 N–H and O–H groups in total. The SMILES string of the molecule is COc1ccc([C@@H](O)C[C@@H](N)C(C)(C)C)cc1.Cl. The molecule has 1 rings (SSSR count). The molecular formula is C14H24ClNO2. The van der Waals surface area contributed by atoms with Crippen LogP contribution in [0.2, 0.25) is 0 Å².